The van der Waals surface area contributed by atoms with Gasteiger partial charge in [-0.15, -0.1) is 0 Å². The molecule has 0 saturated heterocycles. The molecule has 2 rings (SSSR count). The maximum atomic E-state index is 13.5. The van der Waals surface area contributed by atoms with Crippen molar-refractivity contribution in [2.45, 2.75) is 0 Å². The van der Waals surface area contributed by atoms with Crippen LogP contribution >= 0.6 is 0 Å². The van der Waals surface area contributed by atoms with Crippen LogP contribution in [0.1, 0.15) is 0 Å². The van der Waals surface area contributed by atoms with E-state index < -0.39 is 93.2 Å². The van der Waals surface area contributed by atoms with Gasteiger partial charge in [-0.1, -0.05) is 0 Å². The van der Waals surface area contributed by atoms with Gasteiger partial charge in [0.2, 0.25) is 0 Å². The molecule has 0 radical (unpaired) electrons. The van der Waals surface area contributed by atoms with Gasteiger partial charge in [0.15, 0.2) is 0 Å². The van der Waals surface area contributed by atoms with Crippen LogP contribution in [0.2, 0.25) is 0 Å². The average molecular weight is 572 g/mol. The minimum atomic E-state index is -7.51. The monoisotopic (exact) mass is 574 g/mol. The van der Waals surface area contributed by atoms with E-state index in [1.807, 2.05) is 0 Å². The molecule has 0 bridgehead atoms. The third kappa shape index (κ3) is 3.64. The van der Waals surface area contributed by atoms with Crippen molar-refractivity contribution in [2.24, 2.45) is 0 Å². The van der Waals surface area contributed by atoms with Crippen LogP contribution in [0.15, 0.2) is 0 Å². The van der Waals surface area contributed by atoms with Crippen molar-refractivity contribution in [1.29, 1.82) is 0 Å². The van der Waals surface area contributed by atoms with E-state index in [2.05, 4.69) is 2.90 Å². The van der Waals surface area contributed by atoms with Gasteiger partial charge in [0, 0.05) is 0 Å². The number of rotatable bonds is 4. The molecule has 0 heterocycles. The Morgan fingerprint density at radius 2 is 0.552 bits per heavy atom. The number of hydrogen-bond acceptors (Lipinski definition) is 5. The fourth-order valence-electron chi connectivity index (χ4n) is 1.79. The molecule has 0 aliphatic heterocycles. The van der Waals surface area contributed by atoms with Crippen LogP contribution in [0.5, 0.6) is 0 Å². The van der Waals surface area contributed by atoms with Crippen LogP contribution in [0.3, 0.4) is 0 Å². The molecule has 0 saturated carbocycles. The molecular weight excluding hydrogens is 572 g/mol. The van der Waals surface area contributed by atoms with Crippen molar-refractivity contribution in [3.63, 3.8) is 0 Å². The van der Waals surface area contributed by atoms with Gasteiger partial charge in [0.05, 0.1) is 0 Å². The molecule has 0 spiro atoms. The third-order valence-corrected chi connectivity index (χ3v) is 11.3. The topological polar surface area (TPSA) is 77.5 Å². The summed E-state index contributed by atoms with van der Waals surface area (Å²) in [5, 5.41) is 0. The summed E-state index contributed by atoms with van der Waals surface area (Å²) in [5.41, 5.74) is 0. The second-order valence-electron chi connectivity index (χ2n) is 4.77. The van der Waals surface area contributed by atoms with Crippen molar-refractivity contribution < 1.29 is 62.1 Å². The van der Waals surface area contributed by atoms with Crippen LogP contribution in [0, 0.1) is 58.2 Å². The van der Waals surface area contributed by atoms with Gasteiger partial charge in [-0.05, 0) is 0 Å². The van der Waals surface area contributed by atoms with Gasteiger partial charge in [0.1, 0.15) is 0 Å². The van der Waals surface area contributed by atoms with E-state index in [0.717, 1.165) is 0 Å². The molecule has 160 valence electrons. The zero-order valence-corrected chi connectivity index (χ0v) is 16.1. The molecule has 0 aliphatic rings. The van der Waals surface area contributed by atoms with Gasteiger partial charge in [-0.3, -0.25) is 0 Å². The quantitative estimate of drug-likeness (QED) is 0.242. The Kier molecular flexibility index (Phi) is 5.86. The Hall–Kier alpha value is -2.06. The van der Waals surface area contributed by atoms with Crippen molar-refractivity contribution in [2.75, 3.05) is 0 Å². The molecule has 0 atom stereocenters. The van der Waals surface area contributed by atoms with E-state index in [4.69, 9.17) is 0 Å². The summed E-state index contributed by atoms with van der Waals surface area (Å²) in [6.45, 7) is 0. The molecule has 0 aromatic heterocycles. The Labute approximate surface area is 155 Å². The second-order valence-corrected chi connectivity index (χ2v) is 12.1. The summed E-state index contributed by atoms with van der Waals surface area (Å²) < 4.78 is 177. The summed E-state index contributed by atoms with van der Waals surface area (Å²) in [6.07, 6.45) is 0. The first-order valence-corrected chi connectivity index (χ1v) is 12.2. The Bertz CT molecular complexity index is 1100. The fourth-order valence-corrected chi connectivity index (χ4v) is 9.22. The molecular formula is C12F10O5Se2. The molecule has 0 unspecified atom stereocenters. The van der Waals surface area contributed by atoms with Gasteiger partial charge in [0.25, 0.3) is 0 Å². The summed E-state index contributed by atoms with van der Waals surface area (Å²) in [7, 11) is 0. The molecule has 29 heavy (non-hydrogen) atoms. The molecule has 5 nitrogen and oxygen atoms in total. The zero-order chi connectivity index (χ0) is 22.6. The average Bonchev–Trinajstić information content (AvgIpc) is 2.60. The molecule has 17 heteroatoms. The Morgan fingerprint density at radius 3 is 0.759 bits per heavy atom. The van der Waals surface area contributed by atoms with Gasteiger partial charge in [-0.2, -0.15) is 0 Å². The Morgan fingerprint density at radius 1 is 0.379 bits per heavy atom. The van der Waals surface area contributed by atoms with Crippen molar-refractivity contribution in [3.05, 3.63) is 58.2 Å². The first kappa shape index (κ1) is 23.2. The standard InChI is InChI=1S/C12F10O5Se2/c13-1-3(15)7(19)11(8(20)4(1)16)28(23,24)27-29(25,26)12-9(21)5(17)2(14)6(18)10(12)22. The molecule has 0 aliphatic carbocycles. The molecule has 0 N–H and O–H groups in total. The first-order chi connectivity index (χ1) is 13.1. The second kappa shape index (κ2) is 7.32. The van der Waals surface area contributed by atoms with Gasteiger partial charge < -0.3 is 0 Å². The van der Waals surface area contributed by atoms with Crippen molar-refractivity contribution in [3.8, 4) is 0 Å². The predicted octanol–water partition coefficient (Wildman–Crippen LogP) is 1.81. The van der Waals surface area contributed by atoms with E-state index in [1.165, 1.54) is 0 Å². The molecule has 2 aromatic rings. The van der Waals surface area contributed by atoms with E-state index >= 15 is 0 Å². The van der Waals surface area contributed by atoms with Gasteiger partial charge >= 0.3 is 155 Å². The molecule has 0 fully saturated rings. The van der Waals surface area contributed by atoms with Crippen LogP contribution < -0.4 is 8.92 Å². The van der Waals surface area contributed by atoms with E-state index in [9.17, 15) is 59.2 Å². The van der Waals surface area contributed by atoms with E-state index in [0.29, 0.717) is 0 Å². The molecule has 0 amide bonds. The molecule has 2 aromatic carbocycles. The normalized spacial score (nSPS) is 12.5. The maximum absolute atomic E-state index is 13.5. The first-order valence-electron chi connectivity index (χ1n) is 6.30. The zero-order valence-electron chi connectivity index (χ0n) is 12.6. The third-order valence-electron chi connectivity index (χ3n) is 3.02. The summed E-state index contributed by atoms with van der Waals surface area (Å²) in [5.74, 6) is -29.4. The number of halogens is 10. The Balaban J connectivity index is 2.76. The fraction of sp³-hybridized carbons (Fsp3) is 0. The van der Waals surface area contributed by atoms with Crippen LogP contribution in [0.25, 0.3) is 0 Å². The summed E-state index contributed by atoms with van der Waals surface area (Å²) in [6, 6.07) is 0. The minimum absolute atomic E-state index is 2.81. The number of hydrogen-bond donors (Lipinski definition) is 0. The summed E-state index contributed by atoms with van der Waals surface area (Å²) >= 11 is -15.0. The predicted molar refractivity (Wildman–Crippen MR) is 67.1 cm³/mol. The summed E-state index contributed by atoms with van der Waals surface area (Å²) in [4.78, 5) is 0. The van der Waals surface area contributed by atoms with Crippen LogP contribution in [-0.2, 0) is 18.2 Å². The van der Waals surface area contributed by atoms with Crippen LogP contribution in [-0.4, -0.2) is 26.1 Å². The van der Waals surface area contributed by atoms with Gasteiger partial charge in [-0.25, -0.2) is 0 Å². The van der Waals surface area contributed by atoms with Crippen LogP contribution in [0.4, 0.5) is 43.9 Å². The van der Waals surface area contributed by atoms with E-state index in [1.54, 1.807) is 0 Å². The van der Waals surface area contributed by atoms with Crippen molar-refractivity contribution in [1.82, 2.24) is 0 Å². The van der Waals surface area contributed by atoms with Crippen molar-refractivity contribution >= 4 is 35.0 Å². The SMILES string of the molecule is O=[Se](=O)(O[Se](=O)(=O)c1c(F)c(F)c(F)c(F)c1F)c1c(F)c(F)c(F)c(F)c1F. The number of benzene rings is 2. The van der Waals surface area contributed by atoms with E-state index in [-0.39, 0.29) is 0 Å².